The van der Waals surface area contributed by atoms with Crippen molar-refractivity contribution in [3.8, 4) is 0 Å². The minimum Gasteiger partial charge on any atom is -0.100 e. The average molecular weight is 170 g/mol. The zero-order valence-electron chi connectivity index (χ0n) is 9.99. The summed E-state index contributed by atoms with van der Waals surface area (Å²) in [5.74, 6) is 0.843. The molecule has 0 N–H and O–H groups in total. The van der Waals surface area contributed by atoms with Gasteiger partial charge in [0, 0.05) is 0 Å². The Morgan fingerprint density at radius 3 is 1.42 bits per heavy atom. The molecular weight excluding hydrogens is 144 g/mol. The topological polar surface area (TPSA) is 0 Å². The molecule has 0 heteroatoms. The minimum absolute atomic E-state index is 0.522. The monoisotopic (exact) mass is 170 g/mol. The van der Waals surface area contributed by atoms with Gasteiger partial charge in [-0.2, -0.15) is 0 Å². The predicted octanol–water partition coefficient (Wildman–Crippen LogP) is 4.66. The van der Waals surface area contributed by atoms with Crippen molar-refractivity contribution in [1.29, 1.82) is 0 Å². The fourth-order valence-corrected chi connectivity index (χ4v) is 1.22. The van der Waals surface area contributed by atoms with Crippen molar-refractivity contribution < 1.29 is 0 Å². The van der Waals surface area contributed by atoms with Crippen LogP contribution in [0.2, 0.25) is 0 Å². The summed E-state index contributed by atoms with van der Waals surface area (Å²) in [5, 5.41) is 0. The number of hydrogen-bond acceptors (Lipinski definition) is 0. The molecule has 0 fully saturated rings. The van der Waals surface area contributed by atoms with Crippen molar-refractivity contribution in [2.45, 2.75) is 54.9 Å². The Morgan fingerprint density at radius 2 is 1.42 bits per heavy atom. The molecule has 0 radical (unpaired) electrons. The van der Waals surface area contributed by atoms with Crippen LogP contribution in [0.25, 0.3) is 0 Å². The highest BCUT2D eigenvalue weighted by Crippen LogP contribution is 2.23. The highest BCUT2D eigenvalue weighted by molar-refractivity contribution is 4.78. The SMILES string of the molecule is C=C(C)C.CC(C)CC(C)(C)C. The summed E-state index contributed by atoms with van der Waals surface area (Å²) in [6.45, 7) is 18.9. The van der Waals surface area contributed by atoms with E-state index in [4.69, 9.17) is 0 Å². The molecule has 0 spiro atoms. The lowest BCUT2D eigenvalue weighted by Crippen LogP contribution is -2.08. The number of rotatable bonds is 1. The van der Waals surface area contributed by atoms with Crippen LogP contribution < -0.4 is 0 Å². The van der Waals surface area contributed by atoms with Gasteiger partial charge in [0.2, 0.25) is 0 Å². The third kappa shape index (κ3) is 33.1. The fraction of sp³-hybridized carbons (Fsp3) is 0.833. The predicted molar refractivity (Wildman–Crippen MR) is 59.4 cm³/mol. The maximum Gasteiger partial charge on any atom is -0.0380 e. The molecule has 0 amide bonds. The van der Waals surface area contributed by atoms with Crippen LogP contribution in [0.5, 0.6) is 0 Å². The summed E-state index contributed by atoms with van der Waals surface area (Å²) in [6.07, 6.45) is 1.33. The van der Waals surface area contributed by atoms with Gasteiger partial charge in [0.1, 0.15) is 0 Å². The van der Waals surface area contributed by atoms with E-state index in [9.17, 15) is 0 Å². The van der Waals surface area contributed by atoms with E-state index in [1.807, 2.05) is 13.8 Å². The summed E-state index contributed by atoms with van der Waals surface area (Å²) in [5.41, 5.74) is 1.69. The lowest BCUT2D eigenvalue weighted by molar-refractivity contribution is 0.320. The largest absolute Gasteiger partial charge is 0.100 e. The maximum atomic E-state index is 3.56. The first-order valence-electron chi connectivity index (χ1n) is 4.77. The molecule has 74 valence electrons. The van der Waals surface area contributed by atoms with Crippen molar-refractivity contribution in [3.63, 3.8) is 0 Å². The van der Waals surface area contributed by atoms with Gasteiger partial charge in [0.05, 0.1) is 0 Å². The van der Waals surface area contributed by atoms with Gasteiger partial charge in [-0.05, 0) is 31.6 Å². The Labute approximate surface area is 79.1 Å². The summed E-state index contributed by atoms with van der Waals surface area (Å²) in [6, 6.07) is 0. The van der Waals surface area contributed by atoms with E-state index in [1.54, 1.807) is 0 Å². The van der Waals surface area contributed by atoms with Gasteiger partial charge in [-0.15, -0.1) is 6.58 Å². The molecule has 0 aromatic rings. The van der Waals surface area contributed by atoms with E-state index < -0.39 is 0 Å². The molecule has 0 saturated heterocycles. The fourth-order valence-electron chi connectivity index (χ4n) is 1.22. The summed E-state index contributed by atoms with van der Waals surface area (Å²) in [7, 11) is 0. The molecule has 0 aromatic heterocycles. The second-order valence-electron chi connectivity index (χ2n) is 5.37. The van der Waals surface area contributed by atoms with Gasteiger partial charge < -0.3 is 0 Å². The van der Waals surface area contributed by atoms with E-state index in [0.717, 1.165) is 5.92 Å². The molecule has 0 aliphatic rings. The van der Waals surface area contributed by atoms with E-state index in [-0.39, 0.29) is 0 Å². The molecule has 12 heavy (non-hydrogen) atoms. The van der Waals surface area contributed by atoms with E-state index in [2.05, 4.69) is 41.2 Å². The summed E-state index contributed by atoms with van der Waals surface area (Å²) >= 11 is 0. The van der Waals surface area contributed by atoms with Crippen molar-refractivity contribution in [1.82, 2.24) is 0 Å². The highest BCUT2D eigenvalue weighted by Gasteiger charge is 2.11. The van der Waals surface area contributed by atoms with Gasteiger partial charge in [-0.1, -0.05) is 40.2 Å². The first-order valence-corrected chi connectivity index (χ1v) is 4.77. The molecule has 0 atom stereocenters. The lowest BCUT2D eigenvalue weighted by atomic mass is 9.86. The summed E-state index contributed by atoms with van der Waals surface area (Å²) in [4.78, 5) is 0. The Balaban J connectivity index is 0. The molecule has 0 saturated carbocycles. The van der Waals surface area contributed by atoms with Crippen LogP contribution in [0.15, 0.2) is 12.2 Å². The quantitative estimate of drug-likeness (QED) is 0.502. The first-order chi connectivity index (χ1) is 5.15. The average Bonchev–Trinajstić information content (AvgIpc) is 1.52. The van der Waals surface area contributed by atoms with Gasteiger partial charge in [0.15, 0.2) is 0 Å². The molecule has 0 aromatic carbocycles. The van der Waals surface area contributed by atoms with Crippen LogP contribution in [0, 0.1) is 11.3 Å². The van der Waals surface area contributed by atoms with Gasteiger partial charge >= 0.3 is 0 Å². The van der Waals surface area contributed by atoms with Crippen LogP contribution in [0.3, 0.4) is 0 Å². The minimum atomic E-state index is 0.522. The van der Waals surface area contributed by atoms with Crippen LogP contribution in [0.1, 0.15) is 54.9 Å². The van der Waals surface area contributed by atoms with E-state index in [1.165, 1.54) is 12.0 Å². The van der Waals surface area contributed by atoms with E-state index in [0.29, 0.717) is 5.41 Å². The molecule has 0 aliphatic carbocycles. The normalized spacial score (nSPS) is 10.7. The molecule has 0 heterocycles. The van der Waals surface area contributed by atoms with Crippen LogP contribution in [-0.4, -0.2) is 0 Å². The zero-order valence-corrected chi connectivity index (χ0v) is 9.99. The Bertz CT molecular complexity index is 108. The third-order valence-corrected chi connectivity index (χ3v) is 1.02. The molecular formula is C12H26. The third-order valence-electron chi connectivity index (χ3n) is 1.02. The Morgan fingerprint density at radius 1 is 1.17 bits per heavy atom. The second-order valence-corrected chi connectivity index (χ2v) is 5.37. The first kappa shape index (κ1) is 14.3. The number of allylic oxidation sites excluding steroid dienone is 1. The molecule has 0 nitrogen and oxygen atoms in total. The van der Waals surface area contributed by atoms with Gasteiger partial charge in [0.25, 0.3) is 0 Å². The molecule has 0 unspecified atom stereocenters. The van der Waals surface area contributed by atoms with Crippen molar-refractivity contribution >= 4 is 0 Å². The van der Waals surface area contributed by atoms with Gasteiger partial charge in [-0.25, -0.2) is 0 Å². The van der Waals surface area contributed by atoms with Gasteiger partial charge in [-0.3, -0.25) is 0 Å². The van der Waals surface area contributed by atoms with Crippen LogP contribution in [-0.2, 0) is 0 Å². The molecule has 0 bridgehead atoms. The van der Waals surface area contributed by atoms with Crippen molar-refractivity contribution in [2.75, 3.05) is 0 Å². The maximum absolute atomic E-state index is 3.56. The Hall–Kier alpha value is -0.260. The molecule has 0 rings (SSSR count). The smallest absolute Gasteiger partial charge is 0.0380 e. The summed E-state index contributed by atoms with van der Waals surface area (Å²) < 4.78 is 0. The lowest BCUT2D eigenvalue weighted by Gasteiger charge is -2.19. The van der Waals surface area contributed by atoms with E-state index >= 15 is 0 Å². The van der Waals surface area contributed by atoms with Crippen LogP contribution in [0.4, 0.5) is 0 Å². The standard InChI is InChI=1S/C8H18.C4H8/c1-7(2)6-8(3,4)5;1-4(2)3/h7H,6H2,1-5H3;1H2,2-3H3. The Kier molecular flexibility index (Phi) is 7.47. The highest BCUT2D eigenvalue weighted by atomic mass is 14.2. The zero-order chi connectivity index (χ0) is 10.4. The number of hydrogen-bond donors (Lipinski definition) is 0. The molecule has 0 aliphatic heterocycles. The van der Waals surface area contributed by atoms with Crippen LogP contribution >= 0.6 is 0 Å². The second kappa shape index (κ2) is 6.28. The van der Waals surface area contributed by atoms with Crippen molar-refractivity contribution in [3.05, 3.63) is 12.2 Å². The van der Waals surface area contributed by atoms with Crippen molar-refractivity contribution in [2.24, 2.45) is 11.3 Å².